The second-order valence-electron chi connectivity index (χ2n) is 7.43. The van der Waals surface area contributed by atoms with Crippen molar-refractivity contribution in [3.63, 3.8) is 0 Å². The molecule has 0 amide bonds. The predicted molar refractivity (Wildman–Crippen MR) is 104 cm³/mol. The van der Waals surface area contributed by atoms with E-state index in [1.54, 1.807) is 12.1 Å². The van der Waals surface area contributed by atoms with E-state index in [1.807, 2.05) is 23.9 Å². The molecule has 0 radical (unpaired) electrons. The number of nitrogens with zero attached hydrogens (tertiary/aromatic N) is 2. The summed E-state index contributed by atoms with van der Waals surface area (Å²) < 4.78 is 14.9. The van der Waals surface area contributed by atoms with Gasteiger partial charge in [-0.25, -0.2) is 4.39 Å². The van der Waals surface area contributed by atoms with Crippen molar-refractivity contribution in [3.05, 3.63) is 58.5 Å². The number of halogens is 2. The van der Waals surface area contributed by atoms with Crippen molar-refractivity contribution >= 4 is 17.7 Å². The summed E-state index contributed by atoms with van der Waals surface area (Å²) in [6, 6.07) is 8.74. The van der Waals surface area contributed by atoms with Crippen molar-refractivity contribution in [2.24, 2.45) is 24.6 Å². The van der Waals surface area contributed by atoms with Crippen LogP contribution >= 0.6 is 11.6 Å². The van der Waals surface area contributed by atoms with Crippen LogP contribution in [0.15, 0.2) is 47.0 Å². The number of hydrogen-bond acceptors (Lipinski definition) is 2. The first-order chi connectivity index (χ1) is 12.5. The number of rotatable bonds is 3. The summed E-state index contributed by atoms with van der Waals surface area (Å²) in [4.78, 5) is 0. The summed E-state index contributed by atoms with van der Waals surface area (Å²) >= 11 is 6.57. The molecule has 1 unspecified atom stereocenters. The maximum absolute atomic E-state index is 13.1. The minimum atomic E-state index is -0.238. The SMILES string of the molecule is Cn1nc(C=CC2=C(Cl)C[C@@H]3CC[C@H](C2)C3N)cc1-c1ccc(F)cc1. The highest BCUT2D eigenvalue weighted by Gasteiger charge is 2.36. The van der Waals surface area contributed by atoms with Crippen molar-refractivity contribution in [1.82, 2.24) is 9.78 Å². The Labute approximate surface area is 158 Å². The monoisotopic (exact) mass is 371 g/mol. The second-order valence-corrected chi connectivity index (χ2v) is 7.89. The van der Waals surface area contributed by atoms with Crippen LogP contribution in [0.25, 0.3) is 17.3 Å². The van der Waals surface area contributed by atoms with Crippen molar-refractivity contribution in [2.45, 2.75) is 31.7 Å². The van der Waals surface area contributed by atoms with E-state index in [0.29, 0.717) is 11.8 Å². The van der Waals surface area contributed by atoms with Gasteiger partial charge in [0.15, 0.2) is 0 Å². The fourth-order valence-electron chi connectivity index (χ4n) is 4.23. The van der Waals surface area contributed by atoms with Crippen LogP contribution in [0, 0.1) is 17.7 Å². The molecule has 3 nitrogen and oxygen atoms in total. The van der Waals surface area contributed by atoms with Crippen molar-refractivity contribution in [3.8, 4) is 11.3 Å². The van der Waals surface area contributed by atoms with Gasteiger partial charge >= 0.3 is 0 Å². The molecule has 136 valence electrons. The summed E-state index contributed by atoms with van der Waals surface area (Å²) in [7, 11) is 1.89. The molecule has 1 aromatic carbocycles. The topological polar surface area (TPSA) is 43.8 Å². The average molecular weight is 372 g/mol. The van der Waals surface area contributed by atoms with Gasteiger partial charge in [-0.2, -0.15) is 5.10 Å². The lowest BCUT2D eigenvalue weighted by Crippen LogP contribution is -2.30. The third-order valence-electron chi connectivity index (χ3n) is 5.76. The van der Waals surface area contributed by atoms with Crippen LogP contribution < -0.4 is 5.73 Å². The van der Waals surface area contributed by atoms with E-state index in [1.165, 1.54) is 30.5 Å². The molecular formula is C21H23ClFN3. The minimum absolute atomic E-state index is 0.238. The third kappa shape index (κ3) is 3.36. The lowest BCUT2D eigenvalue weighted by molar-refractivity contribution is 0.422. The van der Waals surface area contributed by atoms with Gasteiger partial charge in [0.05, 0.1) is 11.4 Å². The Morgan fingerprint density at radius 3 is 2.58 bits per heavy atom. The number of fused-ring (bicyclic) bond motifs is 2. The first-order valence-electron chi connectivity index (χ1n) is 9.12. The molecule has 26 heavy (non-hydrogen) atoms. The Hall–Kier alpha value is -1.91. The van der Waals surface area contributed by atoms with Crippen LogP contribution in [0.2, 0.25) is 0 Å². The van der Waals surface area contributed by atoms with E-state index in [2.05, 4.69) is 11.2 Å². The van der Waals surface area contributed by atoms with E-state index in [0.717, 1.165) is 34.8 Å². The van der Waals surface area contributed by atoms with Crippen LogP contribution in [0.4, 0.5) is 4.39 Å². The third-order valence-corrected chi connectivity index (χ3v) is 6.16. The van der Waals surface area contributed by atoms with E-state index in [9.17, 15) is 4.39 Å². The molecular weight excluding hydrogens is 349 g/mol. The van der Waals surface area contributed by atoms with Gasteiger partial charge in [-0.1, -0.05) is 17.7 Å². The summed E-state index contributed by atoms with van der Waals surface area (Å²) in [6.07, 6.45) is 8.33. The molecule has 2 aliphatic rings. The molecule has 0 saturated heterocycles. The van der Waals surface area contributed by atoms with E-state index < -0.39 is 0 Å². The Balaban J connectivity index is 1.57. The molecule has 2 aliphatic carbocycles. The van der Waals surface area contributed by atoms with Gasteiger partial charge in [-0.15, -0.1) is 0 Å². The molecule has 3 atom stereocenters. The zero-order valence-electron chi connectivity index (χ0n) is 14.8. The van der Waals surface area contributed by atoms with Crippen LogP contribution in [0.3, 0.4) is 0 Å². The molecule has 2 bridgehead atoms. The second kappa shape index (κ2) is 7.01. The average Bonchev–Trinajstić information content (AvgIpc) is 3.11. The molecule has 2 N–H and O–H groups in total. The summed E-state index contributed by atoms with van der Waals surface area (Å²) in [5.41, 5.74) is 10.3. The molecule has 1 heterocycles. The van der Waals surface area contributed by atoms with Gasteiger partial charge in [0.2, 0.25) is 0 Å². The largest absolute Gasteiger partial charge is 0.327 e. The highest BCUT2D eigenvalue weighted by atomic mass is 35.5. The molecule has 1 aromatic heterocycles. The quantitative estimate of drug-likeness (QED) is 0.835. The van der Waals surface area contributed by atoms with E-state index >= 15 is 0 Å². The van der Waals surface area contributed by atoms with Crippen LogP contribution in [0.5, 0.6) is 0 Å². The fraction of sp³-hybridized carbons (Fsp3) is 0.381. The summed E-state index contributed by atoms with van der Waals surface area (Å²) in [6.45, 7) is 0. The standard InChI is InChI=1S/C21H23ClFN3/c1-26-20(13-4-7-17(23)8-5-13)12-18(25-26)9-6-14-10-15-2-3-16(21(15)24)11-19(14)22/h4-9,12,15-16,21H,2-3,10-11,24H2,1H3/t15-,16+,21?/m1/s1. The van der Waals surface area contributed by atoms with Gasteiger partial charge in [0.25, 0.3) is 0 Å². The number of benzene rings is 1. The van der Waals surface area contributed by atoms with E-state index in [-0.39, 0.29) is 11.9 Å². The highest BCUT2D eigenvalue weighted by molar-refractivity contribution is 6.30. The van der Waals surface area contributed by atoms with Gasteiger partial charge < -0.3 is 5.73 Å². The molecule has 0 spiro atoms. The first kappa shape index (κ1) is 17.5. The maximum Gasteiger partial charge on any atom is 0.123 e. The van der Waals surface area contributed by atoms with Gasteiger partial charge in [-0.05, 0) is 85.1 Å². The van der Waals surface area contributed by atoms with Crippen LogP contribution in [0.1, 0.15) is 31.4 Å². The van der Waals surface area contributed by atoms with Crippen molar-refractivity contribution < 1.29 is 4.39 Å². The summed E-state index contributed by atoms with van der Waals surface area (Å²) in [5, 5.41) is 5.49. The molecule has 5 heteroatoms. The number of hydrogen-bond donors (Lipinski definition) is 1. The Kier molecular flexibility index (Phi) is 4.72. The Morgan fingerprint density at radius 1 is 1.15 bits per heavy atom. The lowest BCUT2D eigenvalue weighted by atomic mass is 9.95. The highest BCUT2D eigenvalue weighted by Crippen LogP contribution is 2.43. The maximum atomic E-state index is 13.1. The predicted octanol–water partition coefficient (Wildman–Crippen LogP) is 4.88. The molecule has 0 aliphatic heterocycles. The number of aromatic nitrogens is 2. The van der Waals surface area contributed by atoms with Gasteiger partial charge in [0, 0.05) is 18.1 Å². The first-order valence-corrected chi connectivity index (χ1v) is 9.50. The van der Waals surface area contributed by atoms with E-state index in [4.69, 9.17) is 17.3 Å². The zero-order valence-corrected chi connectivity index (χ0v) is 15.6. The van der Waals surface area contributed by atoms with Gasteiger partial charge in [0.1, 0.15) is 5.82 Å². The van der Waals surface area contributed by atoms with Crippen molar-refractivity contribution in [2.75, 3.05) is 0 Å². The number of nitrogens with two attached hydrogens (primary N) is 1. The van der Waals surface area contributed by atoms with Gasteiger partial charge in [-0.3, -0.25) is 4.68 Å². The normalized spacial score (nSPS) is 25.9. The zero-order chi connectivity index (χ0) is 18.3. The molecule has 4 rings (SSSR count). The minimum Gasteiger partial charge on any atom is -0.327 e. The van der Waals surface area contributed by atoms with Crippen LogP contribution in [-0.2, 0) is 7.05 Å². The Bertz CT molecular complexity index is 866. The molecule has 1 fully saturated rings. The smallest absolute Gasteiger partial charge is 0.123 e. The number of aryl methyl sites for hydroxylation is 1. The van der Waals surface area contributed by atoms with Crippen LogP contribution in [-0.4, -0.2) is 15.8 Å². The fourth-order valence-corrected chi connectivity index (χ4v) is 4.57. The lowest BCUT2D eigenvalue weighted by Gasteiger charge is -2.16. The summed E-state index contributed by atoms with van der Waals surface area (Å²) in [5.74, 6) is 0.825. The number of allylic oxidation sites excluding steroid dienone is 3. The Morgan fingerprint density at radius 2 is 1.85 bits per heavy atom. The van der Waals surface area contributed by atoms with Crippen molar-refractivity contribution in [1.29, 1.82) is 0 Å². The molecule has 1 saturated carbocycles. The molecule has 2 aromatic rings.